The summed E-state index contributed by atoms with van der Waals surface area (Å²) < 4.78 is 22.7. The minimum Gasteiger partial charge on any atom is -0.361 e. The summed E-state index contributed by atoms with van der Waals surface area (Å²) in [5.41, 5.74) is 0. The maximum atomic E-state index is 6.68. The second-order valence-corrected chi connectivity index (χ2v) is 14.6. The van der Waals surface area contributed by atoms with Gasteiger partial charge in [0, 0.05) is 25.9 Å². The Morgan fingerprint density at radius 3 is 1.02 bits per heavy atom. The Kier molecular flexibility index (Phi) is 35.3. The summed E-state index contributed by atoms with van der Waals surface area (Å²) in [4.78, 5) is 0. The first-order valence-electron chi connectivity index (χ1n) is 18.3. The van der Waals surface area contributed by atoms with Crippen molar-refractivity contribution in [2.75, 3.05) is 26.4 Å². The zero-order valence-electron chi connectivity index (χ0n) is 29.0. The van der Waals surface area contributed by atoms with Crippen LogP contribution in [0.3, 0.4) is 0 Å². The molecule has 0 aliphatic heterocycles. The van der Waals surface area contributed by atoms with Gasteiger partial charge in [-0.25, -0.2) is 0 Å². The average molecular weight is 623 g/mol. The van der Waals surface area contributed by atoms with Crippen molar-refractivity contribution in [3.05, 3.63) is 0 Å². The molecule has 0 aromatic carbocycles. The molecule has 0 rings (SSSR count). The molecule has 0 saturated heterocycles. The number of rotatable bonds is 33. The first-order chi connectivity index (χ1) is 19.7. The lowest BCUT2D eigenvalue weighted by atomic mass is 9.99. The normalized spacial score (nSPS) is 12.0. The Balaban J connectivity index is 0. The summed E-state index contributed by atoms with van der Waals surface area (Å²) in [6.45, 7) is 16.7. The molecule has 0 aliphatic rings. The molecule has 250 valence electrons. The van der Waals surface area contributed by atoms with Crippen LogP contribution in [0.25, 0.3) is 0 Å². The topological polar surface area (TPSA) is 30.9 Å². The molecule has 41 heavy (non-hydrogen) atoms. The van der Waals surface area contributed by atoms with Gasteiger partial charge in [0.05, 0.1) is 0 Å². The van der Waals surface area contributed by atoms with Gasteiger partial charge in [-0.3, -0.25) is 4.57 Å². The highest BCUT2D eigenvalue weighted by Gasteiger charge is 2.51. The molecular formula is C35H76ClNO3Si. The zero-order valence-corrected chi connectivity index (χ0v) is 30.8. The minimum absolute atomic E-state index is 0. The average Bonchev–Trinajstić information content (AvgIpc) is 2.97. The Labute approximate surface area is 266 Å². The van der Waals surface area contributed by atoms with Crippen LogP contribution < -0.4 is 0 Å². The maximum absolute atomic E-state index is 6.68. The van der Waals surface area contributed by atoms with Gasteiger partial charge >= 0.3 is 8.97 Å². The van der Waals surface area contributed by atoms with Crippen molar-refractivity contribution >= 4 is 21.4 Å². The van der Waals surface area contributed by atoms with E-state index in [-0.39, 0.29) is 12.4 Å². The quantitative estimate of drug-likeness (QED) is 0.0538. The fraction of sp³-hybridized carbons (Fsp3) is 1.00. The van der Waals surface area contributed by atoms with Crippen molar-refractivity contribution in [3.8, 4) is 0 Å². The molecule has 0 aliphatic carbocycles. The number of unbranched alkanes of at least 4 members (excludes halogenated alkanes) is 16. The molecule has 0 heterocycles. The van der Waals surface area contributed by atoms with Gasteiger partial charge in [-0.1, -0.05) is 157 Å². The van der Waals surface area contributed by atoms with Crippen LogP contribution in [0, 0.1) is 0 Å². The van der Waals surface area contributed by atoms with Gasteiger partial charge in [0.1, 0.15) is 0 Å². The molecule has 0 fully saturated rings. The smallest absolute Gasteiger partial charge is 0.361 e. The predicted octanol–water partition coefficient (Wildman–Crippen LogP) is 12.0. The molecule has 0 bridgehead atoms. The lowest BCUT2D eigenvalue weighted by Crippen LogP contribution is -2.64. The Bertz CT molecular complexity index is 456. The van der Waals surface area contributed by atoms with Crippen molar-refractivity contribution < 1.29 is 13.3 Å². The Hall–Kier alpha value is 0.347. The molecule has 0 saturated carbocycles. The lowest BCUT2D eigenvalue weighted by molar-refractivity contribution is -0.00699. The van der Waals surface area contributed by atoms with E-state index < -0.39 is 8.97 Å². The first-order valence-corrected chi connectivity index (χ1v) is 20.0. The van der Waals surface area contributed by atoms with Crippen molar-refractivity contribution in [3.63, 3.8) is 0 Å². The van der Waals surface area contributed by atoms with Crippen LogP contribution in [-0.4, -0.2) is 45.9 Å². The second kappa shape index (κ2) is 33.2. The van der Waals surface area contributed by atoms with Crippen LogP contribution >= 0.6 is 12.4 Å². The largest absolute Gasteiger partial charge is 0.599 e. The van der Waals surface area contributed by atoms with Gasteiger partial charge < -0.3 is 13.3 Å². The number of hydrogen-bond donors (Lipinski definition) is 0. The number of nitrogens with zero attached hydrogens (tertiary/aromatic N) is 1. The molecule has 0 atom stereocenters. The third-order valence-corrected chi connectivity index (χ3v) is 11.0. The fourth-order valence-electron chi connectivity index (χ4n) is 5.69. The van der Waals surface area contributed by atoms with E-state index in [4.69, 9.17) is 13.3 Å². The van der Waals surface area contributed by atoms with E-state index in [9.17, 15) is 0 Å². The lowest BCUT2D eigenvalue weighted by Gasteiger charge is -2.43. The van der Waals surface area contributed by atoms with E-state index in [1.807, 2.05) is 0 Å². The van der Waals surface area contributed by atoms with Crippen LogP contribution in [0.15, 0.2) is 0 Å². The van der Waals surface area contributed by atoms with Gasteiger partial charge in [0.25, 0.3) is 0 Å². The van der Waals surface area contributed by atoms with E-state index in [0.717, 1.165) is 52.0 Å². The van der Waals surface area contributed by atoms with Crippen LogP contribution in [0.4, 0.5) is 0 Å². The second-order valence-electron chi connectivity index (χ2n) is 12.2. The van der Waals surface area contributed by atoms with E-state index in [0.29, 0.717) is 6.04 Å². The summed E-state index contributed by atoms with van der Waals surface area (Å²) >= 11 is 0. The van der Waals surface area contributed by atoms with E-state index in [1.165, 1.54) is 128 Å². The highest BCUT2D eigenvalue weighted by atomic mass is 35.5. The number of hydrogen-bond acceptors (Lipinski definition) is 4. The summed E-state index contributed by atoms with van der Waals surface area (Å²) in [7, 11) is -2.93. The van der Waals surface area contributed by atoms with Gasteiger partial charge in [-0.05, 0) is 45.1 Å². The summed E-state index contributed by atoms with van der Waals surface area (Å²) in [5, 5.41) is 0. The molecule has 0 amide bonds. The van der Waals surface area contributed by atoms with Crippen LogP contribution in [0.2, 0.25) is 0 Å². The van der Waals surface area contributed by atoms with Gasteiger partial charge in [0.2, 0.25) is 0 Å². The van der Waals surface area contributed by atoms with Gasteiger partial charge in [0.15, 0.2) is 0 Å². The predicted molar refractivity (Wildman–Crippen MR) is 186 cm³/mol. The summed E-state index contributed by atoms with van der Waals surface area (Å²) in [5.74, 6) is 0. The summed E-state index contributed by atoms with van der Waals surface area (Å²) in [6.07, 6.45) is 31.6. The highest BCUT2D eigenvalue weighted by Crippen LogP contribution is 2.27. The molecule has 0 radical (unpaired) electrons. The molecular weight excluding hydrogens is 546 g/mol. The molecule has 0 N–H and O–H groups in total. The maximum Gasteiger partial charge on any atom is 0.599 e. The van der Waals surface area contributed by atoms with E-state index >= 15 is 0 Å². The first kappa shape index (κ1) is 43.5. The summed E-state index contributed by atoms with van der Waals surface area (Å²) in [6, 6.07) is 0.506. The van der Waals surface area contributed by atoms with Crippen molar-refractivity contribution in [2.45, 2.75) is 202 Å². The molecule has 0 aromatic rings. The monoisotopic (exact) mass is 622 g/mol. The number of halogens is 1. The van der Waals surface area contributed by atoms with Gasteiger partial charge in [-0.15, -0.1) is 12.4 Å². The highest BCUT2D eigenvalue weighted by molar-refractivity contribution is 6.57. The molecule has 6 heteroatoms. The van der Waals surface area contributed by atoms with E-state index in [1.54, 1.807) is 0 Å². The third kappa shape index (κ3) is 23.4. The standard InChI is InChI=1S/C35H75NO3Si.ClH/c1-7-13-15-17-19-21-23-25-27-29-35(30-28-26-24-22-20-18-16-14-8-2)36(31-9-3)40(37-32-10-4,38-33-11-5)39-34-12-6;/h35H,7-34H2,1-6H3;1H. The minimum atomic E-state index is -2.93. The van der Waals surface area contributed by atoms with Gasteiger partial charge in [-0.2, -0.15) is 0 Å². The third-order valence-electron chi connectivity index (χ3n) is 8.00. The van der Waals surface area contributed by atoms with E-state index in [2.05, 4.69) is 46.1 Å². The zero-order chi connectivity index (χ0) is 29.6. The van der Waals surface area contributed by atoms with Crippen LogP contribution in [-0.2, 0) is 13.3 Å². The molecule has 0 aromatic heterocycles. The van der Waals surface area contributed by atoms with Crippen molar-refractivity contribution in [1.82, 2.24) is 4.57 Å². The Morgan fingerprint density at radius 2 is 0.732 bits per heavy atom. The van der Waals surface area contributed by atoms with Crippen molar-refractivity contribution in [2.24, 2.45) is 0 Å². The molecule has 0 spiro atoms. The molecule has 4 nitrogen and oxygen atoms in total. The van der Waals surface area contributed by atoms with Crippen LogP contribution in [0.1, 0.15) is 196 Å². The SMILES string of the molecule is CCCCCCCCCCCC(CCCCCCCCCCC)N(CCC)[Si](OCCC)(OCCC)OCCC.Cl. The Morgan fingerprint density at radius 1 is 0.415 bits per heavy atom. The van der Waals surface area contributed by atoms with Crippen molar-refractivity contribution in [1.29, 1.82) is 0 Å². The fourth-order valence-corrected chi connectivity index (χ4v) is 9.02. The molecule has 0 unspecified atom stereocenters. The van der Waals surface area contributed by atoms with Crippen LogP contribution in [0.5, 0.6) is 0 Å².